The zero-order chi connectivity index (χ0) is 15.2. The molecule has 3 N–H and O–H groups in total. The maximum Gasteiger partial charge on any atom is 0.246 e. The van der Waals surface area contributed by atoms with Crippen LogP contribution in [0.3, 0.4) is 0 Å². The molecule has 0 saturated carbocycles. The van der Waals surface area contributed by atoms with Gasteiger partial charge in [-0.3, -0.25) is 4.79 Å². The molecule has 0 aliphatic carbocycles. The molecule has 1 amide bonds. The van der Waals surface area contributed by atoms with Gasteiger partial charge in [-0.25, -0.2) is 0 Å². The van der Waals surface area contributed by atoms with Gasteiger partial charge in [-0.15, -0.1) is 0 Å². The lowest BCUT2D eigenvalue weighted by Crippen LogP contribution is -2.39. The Kier molecular flexibility index (Phi) is 4.95. The number of carbonyl (C=O) groups is 1. The molecule has 110 valence electrons. The number of rotatable bonds is 5. The Bertz CT molecular complexity index is 598. The van der Waals surface area contributed by atoms with Crippen LogP contribution in [0.2, 0.25) is 0 Å². The average Bonchev–Trinajstić information content (AvgIpc) is 2.54. The van der Waals surface area contributed by atoms with Gasteiger partial charge in [0.1, 0.15) is 6.04 Å². The maximum atomic E-state index is 12.3. The Balaban J connectivity index is 2.07. The van der Waals surface area contributed by atoms with Gasteiger partial charge in [0, 0.05) is 25.0 Å². The van der Waals surface area contributed by atoms with E-state index < -0.39 is 0 Å². The lowest BCUT2D eigenvalue weighted by Gasteiger charge is -2.26. The first-order valence-corrected chi connectivity index (χ1v) is 6.99. The van der Waals surface area contributed by atoms with Crippen LogP contribution in [-0.2, 0) is 11.3 Å². The number of amides is 1. The number of carbonyl (C=O) groups excluding carboxylic acids is 1. The van der Waals surface area contributed by atoms with Crippen LogP contribution in [0.1, 0.15) is 12.5 Å². The summed E-state index contributed by atoms with van der Waals surface area (Å²) in [6.45, 7) is 2.37. The number of para-hydroxylation sites is 1. The number of nitrogens with two attached hydrogens (primary N) is 1. The highest BCUT2D eigenvalue weighted by Gasteiger charge is 2.18. The second-order valence-corrected chi connectivity index (χ2v) is 5.02. The second-order valence-electron chi connectivity index (χ2n) is 5.02. The fraction of sp³-hybridized carbons (Fsp3) is 0.235. The van der Waals surface area contributed by atoms with E-state index in [0.29, 0.717) is 6.54 Å². The monoisotopic (exact) mass is 283 g/mol. The van der Waals surface area contributed by atoms with Crippen molar-refractivity contribution in [1.82, 2.24) is 0 Å². The van der Waals surface area contributed by atoms with Crippen molar-refractivity contribution in [2.24, 2.45) is 5.73 Å². The van der Waals surface area contributed by atoms with E-state index >= 15 is 0 Å². The molecule has 0 bridgehead atoms. The van der Waals surface area contributed by atoms with E-state index in [9.17, 15) is 4.79 Å². The first kappa shape index (κ1) is 15.1. The van der Waals surface area contributed by atoms with Gasteiger partial charge in [-0.1, -0.05) is 30.3 Å². The molecule has 2 aromatic rings. The van der Waals surface area contributed by atoms with Gasteiger partial charge < -0.3 is 16.0 Å². The standard InChI is InChI=1S/C17H21N3O/c1-13(17(21)19-15-8-4-3-5-9-15)20(2)16-10-6-7-14(11-16)12-18/h3-11,13H,12,18H2,1-2H3,(H,19,21). The third kappa shape index (κ3) is 3.83. The maximum absolute atomic E-state index is 12.3. The number of nitrogens with one attached hydrogen (secondary N) is 1. The Morgan fingerprint density at radius 1 is 1.19 bits per heavy atom. The smallest absolute Gasteiger partial charge is 0.246 e. The zero-order valence-electron chi connectivity index (χ0n) is 12.4. The molecule has 21 heavy (non-hydrogen) atoms. The molecule has 1 unspecified atom stereocenters. The van der Waals surface area contributed by atoms with Crippen LogP contribution in [0.5, 0.6) is 0 Å². The highest BCUT2D eigenvalue weighted by atomic mass is 16.2. The summed E-state index contributed by atoms with van der Waals surface area (Å²) in [6, 6.07) is 17.1. The summed E-state index contributed by atoms with van der Waals surface area (Å²) < 4.78 is 0. The Morgan fingerprint density at radius 2 is 1.90 bits per heavy atom. The van der Waals surface area contributed by atoms with Crippen molar-refractivity contribution < 1.29 is 4.79 Å². The molecule has 4 nitrogen and oxygen atoms in total. The van der Waals surface area contributed by atoms with Crippen molar-refractivity contribution in [3.63, 3.8) is 0 Å². The first-order chi connectivity index (χ1) is 10.1. The first-order valence-electron chi connectivity index (χ1n) is 6.99. The van der Waals surface area contributed by atoms with Gasteiger partial charge in [0.25, 0.3) is 0 Å². The van der Waals surface area contributed by atoms with E-state index in [1.807, 2.05) is 73.5 Å². The van der Waals surface area contributed by atoms with Crippen molar-refractivity contribution >= 4 is 17.3 Å². The van der Waals surface area contributed by atoms with Crippen LogP contribution in [0.4, 0.5) is 11.4 Å². The van der Waals surface area contributed by atoms with Gasteiger partial charge in [0.2, 0.25) is 5.91 Å². The SMILES string of the molecule is CC(C(=O)Nc1ccccc1)N(C)c1cccc(CN)c1. The summed E-state index contributed by atoms with van der Waals surface area (Å²) in [5.74, 6) is -0.0400. The molecule has 0 radical (unpaired) electrons. The molecule has 2 rings (SSSR count). The van der Waals surface area contributed by atoms with E-state index in [0.717, 1.165) is 16.9 Å². The van der Waals surface area contributed by atoms with E-state index in [2.05, 4.69) is 5.32 Å². The second kappa shape index (κ2) is 6.90. The molecule has 0 fully saturated rings. The minimum Gasteiger partial charge on any atom is -0.363 e. The number of hydrogen-bond acceptors (Lipinski definition) is 3. The average molecular weight is 283 g/mol. The summed E-state index contributed by atoms with van der Waals surface area (Å²) in [5, 5.41) is 2.92. The van der Waals surface area contributed by atoms with Gasteiger partial charge in [0.05, 0.1) is 0 Å². The Labute approximate surface area is 125 Å². The predicted molar refractivity (Wildman–Crippen MR) is 87.3 cm³/mol. The molecule has 2 aromatic carbocycles. The summed E-state index contributed by atoms with van der Waals surface area (Å²) in [7, 11) is 1.91. The lowest BCUT2D eigenvalue weighted by molar-refractivity contribution is -0.117. The van der Waals surface area contributed by atoms with Crippen LogP contribution >= 0.6 is 0 Å². The summed E-state index contributed by atoms with van der Waals surface area (Å²) in [6.07, 6.45) is 0. The number of hydrogen-bond donors (Lipinski definition) is 2. The molecule has 0 heterocycles. The Morgan fingerprint density at radius 3 is 2.57 bits per heavy atom. The lowest BCUT2D eigenvalue weighted by atomic mass is 10.1. The summed E-state index contributed by atoms with van der Waals surface area (Å²) >= 11 is 0. The topological polar surface area (TPSA) is 58.4 Å². The molecular weight excluding hydrogens is 262 g/mol. The fourth-order valence-electron chi connectivity index (χ4n) is 2.07. The Hall–Kier alpha value is -2.33. The van der Waals surface area contributed by atoms with Crippen LogP contribution in [0.25, 0.3) is 0 Å². The van der Waals surface area contributed by atoms with Crippen molar-refractivity contribution in [2.75, 3.05) is 17.3 Å². The van der Waals surface area contributed by atoms with E-state index in [1.54, 1.807) is 0 Å². The van der Waals surface area contributed by atoms with Gasteiger partial charge in [-0.05, 0) is 36.8 Å². The van der Waals surface area contributed by atoms with E-state index in [1.165, 1.54) is 0 Å². The van der Waals surface area contributed by atoms with Gasteiger partial charge in [0.15, 0.2) is 0 Å². The summed E-state index contributed by atoms with van der Waals surface area (Å²) in [4.78, 5) is 14.2. The minimum absolute atomic E-state index is 0.0400. The third-order valence-electron chi connectivity index (χ3n) is 3.56. The van der Waals surface area contributed by atoms with Gasteiger partial charge in [-0.2, -0.15) is 0 Å². The number of benzene rings is 2. The molecule has 0 aliphatic rings. The van der Waals surface area contributed by atoms with Crippen molar-refractivity contribution in [2.45, 2.75) is 19.5 Å². The fourth-order valence-corrected chi connectivity index (χ4v) is 2.07. The van der Waals surface area contributed by atoms with Gasteiger partial charge >= 0.3 is 0 Å². The summed E-state index contributed by atoms with van der Waals surface area (Å²) in [5.41, 5.74) is 8.49. The third-order valence-corrected chi connectivity index (χ3v) is 3.56. The van der Waals surface area contributed by atoms with Crippen LogP contribution in [0.15, 0.2) is 54.6 Å². The van der Waals surface area contributed by atoms with Crippen molar-refractivity contribution in [3.05, 3.63) is 60.2 Å². The largest absolute Gasteiger partial charge is 0.363 e. The van der Waals surface area contributed by atoms with E-state index in [4.69, 9.17) is 5.73 Å². The molecule has 4 heteroatoms. The molecule has 0 spiro atoms. The van der Waals surface area contributed by atoms with E-state index in [-0.39, 0.29) is 11.9 Å². The molecule has 0 aromatic heterocycles. The number of likely N-dealkylation sites (N-methyl/N-ethyl adjacent to an activating group) is 1. The van der Waals surface area contributed by atoms with Crippen molar-refractivity contribution in [1.29, 1.82) is 0 Å². The van der Waals surface area contributed by atoms with Crippen molar-refractivity contribution in [3.8, 4) is 0 Å². The number of nitrogens with zero attached hydrogens (tertiary/aromatic N) is 1. The molecule has 0 aliphatic heterocycles. The molecular formula is C17H21N3O. The molecule has 0 saturated heterocycles. The predicted octanol–water partition coefficient (Wildman–Crippen LogP) is 2.61. The van der Waals surface area contributed by atoms with Crippen LogP contribution < -0.4 is 16.0 Å². The van der Waals surface area contributed by atoms with Crippen LogP contribution in [-0.4, -0.2) is 19.0 Å². The quantitative estimate of drug-likeness (QED) is 0.887. The highest BCUT2D eigenvalue weighted by molar-refractivity contribution is 5.96. The molecule has 1 atom stereocenters. The van der Waals surface area contributed by atoms with Crippen LogP contribution in [0, 0.1) is 0 Å². The highest BCUT2D eigenvalue weighted by Crippen LogP contribution is 2.18. The number of anilines is 2. The zero-order valence-corrected chi connectivity index (χ0v) is 12.4. The minimum atomic E-state index is -0.279. The normalized spacial score (nSPS) is 11.8.